The Morgan fingerprint density at radius 3 is 2.85 bits per heavy atom. The van der Waals surface area contributed by atoms with E-state index >= 15 is 0 Å². The van der Waals surface area contributed by atoms with Gasteiger partial charge in [0.25, 0.3) is 0 Å². The lowest BCUT2D eigenvalue weighted by molar-refractivity contribution is 0.251. The molecule has 2 rings (SSSR count). The number of hydrogen-bond acceptors (Lipinski definition) is 3. The van der Waals surface area contributed by atoms with Crippen molar-refractivity contribution in [2.45, 2.75) is 6.54 Å². The maximum atomic E-state index is 11.8. The fourth-order valence-electron chi connectivity index (χ4n) is 1.65. The highest BCUT2D eigenvalue weighted by atomic mass is 35.5. The van der Waals surface area contributed by atoms with Gasteiger partial charge in [0, 0.05) is 18.3 Å². The molecular weight excluding hydrogens is 278 g/mol. The van der Waals surface area contributed by atoms with Crippen molar-refractivity contribution in [3.63, 3.8) is 0 Å². The highest BCUT2D eigenvalue weighted by molar-refractivity contribution is 6.33. The summed E-state index contributed by atoms with van der Waals surface area (Å²) in [6.45, 7) is 0.313. The first-order valence-corrected chi connectivity index (χ1v) is 6.36. The Kier molecular flexibility index (Phi) is 4.79. The molecule has 1 heterocycles. The summed E-state index contributed by atoms with van der Waals surface area (Å²) in [5, 5.41) is 5.88. The number of urea groups is 1. The number of nitrogens with one attached hydrogen (secondary N) is 2. The van der Waals surface area contributed by atoms with Crippen LogP contribution in [0, 0.1) is 0 Å². The summed E-state index contributed by atoms with van der Waals surface area (Å²) >= 11 is 5.96. The van der Waals surface area contributed by atoms with Gasteiger partial charge in [-0.1, -0.05) is 29.8 Å². The minimum atomic E-state index is -0.344. The van der Waals surface area contributed by atoms with E-state index in [0.29, 0.717) is 23.1 Å². The van der Waals surface area contributed by atoms with Crippen molar-refractivity contribution in [2.24, 2.45) is 0 Å². The number of benzene rings is 1. The molecule has 5 nitrogen and oxygen atoms in total. The number of nitrogens with zero attached hydrogens (tertiary/aromatic N) is 1. The lowest BCUT2D eigenvalue weighted by Gasteiger charge is -2.10. The van der Waals surface area contributed by atoms with E-state index in [1.807, 2.05) is 6.07 Å². The Balaban J connectivity index is 1.94. The molecule has 0 fully saturated rings. The Morgan fingerprint density at radius 2 is 2.10 bits per heavy atom. The monoisotopic (exact) mass is 291 g/mol. The third-order valence-electron chi connectivity index (χ3n) is 2.60. The van der Waals surface area contributed by atoms with Crippen LogP contribution in [0.2, 0.25) is 5.02 Å². The molecule has 6 heteroatoms. The van der Waals surface area contributed by atoms with Gasteiger partial charge < -0.3 is 15.4 Å². The number of pyridine rings is 1. The Morgan fingerprint density at radius 1 is 1.30 bits per heavy atom. The molecular formula is C14H14ClN3O2. The summed E-state index contributed by atoms with van der Waals surface area (Å²) in [5.41, 5.74) is 1.36. The SMILES string of the molecule is COc1ncccc1CNC(=O)Nc1ccccc1Cl. The number of amides is 2. The van der Waals surface area contributed by atoms with Crippen molar-refractivity contribution in [1.82, 2.24) is 10.3 Å². The molecule has 2 aromatic rings. The molecule has 0 saturated carbocycles. The second-order valence-electron chi connectivity index (χ2n) is 3.96. The number of methoxy groups -OCH3 is 1. The third kappa shape index (κ3) is 3.61. The zero-order valence-corrected chi connectivity index (χ0v) is 11.6. The minimum Gasteiger partial charge on any atom is -0.481 e. The molecule has 0 bridgehead atoms. The van der Waals surface area contributed by atoms with Crippen molar-refractivity contribution in [3.05, 3.63) is 53.2 Å². The molecule has 0 unspecified atom stereocenters. The molecule has 104 valence electrons. The van der Waals surface area contributed by atoms with Crippen LogP contribution in [0.5, 0.6) is 5.88 Å². The summed E-state index contributed by atoms with van der Waals surface area (Å²) < 4.78 is 5.11. The smallest absolute Gasteiger partial charge is 0.319 e. The second-order valence-corrected chi connectivity index (χ2v) is 4.37. The molecule has 20 heavy (non-hydrogen) atoms. The van der Waals surface area contributed by atoms with E-state index in [0.717, 1.165) is 5.56 Å². The second kappa shape index (κ2) is 6.77. The van der Waals surface area contributed by atoms with Crippen LogP contribution in [0.15, 0.2) is 42.6 Å². The lowest BCUT2D eigenvalue weighted by Crippen LogP contribution is -2.28. The van der Waals surface area contributed by atoms with Gasteiger partial charge in [0.05, 0.1) is 17.8 Å². The van der Waals surface area contributed by atoms with Crippen LogP contribution in [0.3, 0.4) is 0 Å². The number of aromatic nitrogens is 1. The van der Waals surface area contributed by atoms with Gasteiger partial charge in [-0.25, -0.2) is 9.78 Å². The number of carbonyl (C=O) groups excluding carboxylic acids is 1. The summed E-state index contributed by atoms with van der Waals surface area (Å²) in [4.78, 5) is 15.9. The van der Waals surface area contributed by atoms with Gasteiger partial charge in [-0.15, -0.1) is 0 Å². The van der Waals surface area contributed by atoms with E-state index in [9.17, 15) is 4.79 Å². The van der Waals surface area contributed by atoms with Crippen LogP contribution in [-0.2, 0) is 6.54 Å². The number of ether oxygens (including phenoxy) is 1. The molecule has 0 saturated heterocycles. The van der Waals surface area contributed by atoms with E-state index < -0.39 is 0 Å². The summed E-state index contributed by atoms with van der Waals surface area (Å²) in [5.74, 6) is 0.491. The normalized spacial score (nSPS) is 9.90. The molecule has 2 amide bonds. The molecule has 0 atom stereocenters. The summed E-state index contributed by atoms with van der Waals surface area (Å²) in [6.07, 6.45) is 1.63. The molecule has 0 radical (unpaired) electrons. The Bertz CT molecular complexity index is 604. The maximum absolute atomic E-state index is 11.8. The predicted molar refractivity (Wildman–Crippen MR) is 78.1 cm³/mol. The number of para-hydroxylation sites is 1. The van der Waals surface area contributed by atoms with Crippen molar-refractivity contribution in [2.75, 3.05) is 12.4 Å². The van der Waals surface area contributed by atoms with E-state index in [2.05, 4.69) is 15.6 Å². The zero-order chi connectivity index (χ0) is 14.4. The molecule has 0 aliphatic carbocycles. The van der Waals surface area contributed by atoms with Gasteiger partial charge in [0.2, 0.25) is 5.88 Å². The number of hydrogen-bond donors (Lipinski definition) is 2. The van der Waals surface area contributed by atoms with Crippen molar-refractivity contribution in [3.8, 4) is 5.88 Å². The standard InChI is InChI=1S/C14H14ClN3O2/c1-20-13-10(5-4-8-16-13)9-17-14(19)18-12-7-3-2-6-11(12)15/h2-8H,9H2,1H3,(H2,17,18,19). The van der Waals surface area contributed by atoms with Gasteiger partial charge in [0.1, 0.15) is 0 Å². The maximum Gasteiger partial charge on any atom is 0.319 e. The Hall–Kier alpha value is -2.27. The van der Waals surface area contributed by atoms with Crippen molar-refractivity contribution in [1.29, 1.82) is 0 Å². The first-order valence-electron chi connectivity index (χ1n) is 5.98. The van der Waals surface area contributed by atoms with E-state index in [4.69, 9.17) is 16.3 Å². The van der Waals surface area contributed by atoms with Crippen molar-refractivity contribution < 1.29 is 9.53 Å². The van der Waals surface area contributed by atoms with Gasteiger partial charge >= 0.3 is 6.03 Å². The third-order valence-corrected chi connectivity index (χ3v) is 2.93. The van der Waals surface area contributed by atoms with E-state index in [-0.39, 0.29) is 6.03 Å². The topological polar surface area (TPSA) is 63.2 Å². The molecule has 1 aromatic heterocycles. The number of halogens is 1. The fourth-order valence-corrected chi connectivity index (χ4v) is 1.83. The highest BCUT2D eigenvalue weighted by Crippen LogP contribution is 2.20. The van der Waals surface area contributed by atoms with Gasteiger partial charge in [-0.2, -0.15) is 0 Å². The van der Waals surface area contributed by atoms with Crippen LogP contribution in [0.4, 0.5) is 10.5 Å². The van der Waals surface area contributed by atoms with Crippen LogP contribution in [0.25, 0.3) is 0 Å². The predicted octanol–water partition coefficient (Wildman–Crippen LogP) is 3.07. The molecule has 0 spiro atoms. The number of anilines is 1. The van der Waals surface area contributed by atoms with Crippen LogP contribution in [-0.4, -0.2) is 18.1 Å². The van der Waals surface area contributed by atoms with E-state index in [1.165, 1.54) is 7.11 Å². The van der Waals surface area contributed by atoms with Crippen molar-refractivity contribution >= 4 is 23.3 Å². The Labute approximate surface area is 121 Å². The van der Waals surface area contributed by atoms with Crippen LogP contribution in [0.1, 0.15) is 5.56 Å². The molecule has 0 aliphatic rings. The first-order chi connectivity index (χ1) is 9.70. The number of rotatable bonds is 4. The molecule has 0 aliphatic heterocycles. The summed E-state index contributed by atoms with van der Waals surface area (Å²) in [7, 11) is 1.54. The number of carbonyl (C=O) groups is 1. The van der Waals surface area contributed by atoms with Gasteiger partial charge in [-0.3, -0.25) is 0 Å². The van der Waals surface area contributed by atoms with Crippen LogP contribution < -0.4 is 15.4 Å². The average Bonchev–Trinajstić information content (AvgIpc) is 2.48. The highest BCUT2D eigenvalue weighted by Gasteiger charge is 2.07. The lowest BCUT2D eigenvalue weighted by atomic mass is 10.2. The van der Waals surface area contributed by atoms with Gasteiger partial charge in [0.15, 0.2) is 0 Å². The van der Waals surface area contributed by atoms with Gasteiger partial charge in [-0.05, 0) is 18.2 Å². The quantitative estimate of drug-likeness (QED) is 0.910. The first kappa shape index (κ1) is 14.1. The molecule has 1 aromatic carbocycles. The largest absolute Gasteiger partial charge is 0.481 e. The molecule has 2 N–H and O–H groups in total. The summed E-state index contributed by atoms with van der Waals surface area (Å²) in [6, 6.07) is 10.3. The zero-order valence-electron chi connectivity index (χ0n) is 10.9. The van der Waals surface area contributed by atoms with E-state index in [1.54, 1.807) is 36.5 Å². The average molecular weight is 292 g/mol. The van der Waals surface area contributed by atoms with Crippen LogP contribution >= 0.6 is 11.6 Å². The fraction of sp³-hybridized carbons (Fsp3) is 0.143. The minimum absolute atomic E-state index is 0.313.